The van der Waals surface area contributed by atoms with Crippen LogP contribution in [-0.2, 0) is 4.74 Å². The monoisotopic (exact) mass is 361 g/mol. The second kappa shape index (κ2) is 6.65. The SMILES string of the molecule is CNc1nc(C(OC)C2CCCCC2)ncc1I. The summed E-state index contributed by atoms with van der Waals surface area (Å²) in [5, 5.41) is 3.10. The van der Waals surface area contributed by atoms with E-state index in [1.165, 1.54) is 32.1 Å². The molecule has 1 heterocycles. The third-order valence-corrected chi connectivity index (χ3v) is 4.38. The lowest BCUT2D eigenvalue weighted by Gasteiger charge is -2.28. The standard InChI is InChI=1S/C13H20IN3O/c1-15-12-10(14)8-16-13(17-12)11(18-2)9-6-4-3-5-7-9/h8-9,11H,3-7H2,1-2H3,(H,15,16,17). The first-order chi connectivity index (χ1) is 8.76. The van der Waals surface area contributed by atoms with Gasteiger partial charge >= 0.3 is 0 Å². The molecule has 1 fully saturated rings. The molecule has 2 rings (SSSR count). The van der Waals surface area contributed by atoms with Gasteiger partial charge in [0.2, 0.25) is 0 Å². The summed E-state index contributed by atoms with van der Waals surface area (Å²) in [6.07, 6.45) is 8.30. The van der Waals surface area contributed by atoms with Gasteiger partial charge < -0.3 is 10.1 Å². The first-order valence-corrected chi connectivity index (χ1v) is 7.57. The van der Waals surface area contributed by atoms with Crippen LogP contribution in [0.2, 0.25) is 0 Å². The Bertz CT molecular complexity index is 394. The number of halogens is 1. The van der Waals surface area contributed by atoms with Gasteiger partial charge in [0.25, 0.3) is 0 Å². The van der Waals surface area contributed by atoms with Gasteiger partial charge in [-0.05, 0) is 41.4 Å². The van der Waals surface area contributed by atoms with Crippen LogP contribution in [0.15, 0.2) is 6.20 Å². The quantitative estimate of drug-likeness (QED) is 0.836. The Morgan fingerprint density at radius 2 is 2.11 bits per heavy atom. The summed E-state index contributed by atoms with van der Waals surface area (Å²) < 4.78 is 6.70. The van der Waals surface area contributed by atoms with Gasteiger partial charge in [0.1, 0.15) is 11.9 Å². The molecule has 0 saturated heterocycles. The summed E-state index contributed by atoms with van der Waals surface area (Å²) in [5.41, 5.74) is 0. The minimum atomic E-state index is 0.0365. The van der Waals surface area contributed by atoms with E-state index < -0.39 is 0 Å². The Hall–Kier alpha value is -0.430. The highest BCUT2D eigenvalue weighted by molar-refractivity contribution is 14.1. The third kappa shape index (κ3) is 3.12. The number of hydrogen-bond donors (Lipinski definition) is 1. The molecule has 18 heavy (non-hydrogen) atoms. The second-order valence-corrected chi connectivity index (χ2v) is 5.89. The lowest BCUT2D eigenvalue weighted by molar-refractivity contribution is 0.0290. The lowest BCUT2D eigenvalue weighted by atomic mass is 9.85. The van der Waals surface area contributed by atoms with Crippen LogP contribution in [0.25, 0.3) is 0 Å². The second-order valence-electron chi connectivity index (χ2n) is 4.73. The van der Waals surface area contributed by atoms with Crippen molar-refractivity contribution in [2.75, 3.05) is 19.5 Å². The van der Waals surface area contributed by atoms with Crippen LogP contribution >= 0.6 is 22.6 Å². The van der Waals surface area contributed by atoms with Gasteiger partial charge in [-0.2, -0.15) is 0 Å². The van der Waals surface area contributed by atoms with E-state index in [1.54, 1.807) is 7.11 Å². The minimum absolute atomic E-state index is 0.0365. The van der Waals surface area contributed by atoms with Crippen LogP contribution in [0.3, 0.4) is 0 Å². The fourth-order valence-corrected chi connectivity index (χ4v) is 3.17. The van der Waals surface area contributed by atoms with E-state index in [0.29, 0.717) is 5.92 Å². The molecule has 1 N–H and O–H groups in total. The molecule has 0 radical (unpaired) electrons. The van der Waals surface area contributed by atoms with Gasteiger partial charge in [-0.1, -0.05) is 19.3 Å². The van der Waals surface area contributed by atoms with Crippen LogP contribution in [0, 0.1) is 9.49 Å². The molecule has 5 heteroatoms. The van der Waals surface area contributed by atoms with Crippen molar-refractivity contribution in [3.8, 4) is 0 Å². The lowest BCUT2D eigenvalue weighted by Crippen LogP contribution is -2.20. The predicted molar refractivity (Wildman–Crippen MR) is 80.6 cm³/mol. The molecule has 1 atom stereocenters. The number of aromatic nitrogens is 2. The summed E-state index contributed by atoms with van der Waals surface area (Å²) in [4.78, 5) is 9.03. The number of ether oxygens (including phenoxy) is 1. The summed E-state index contributed by atoms with van der Waals surface area (Å²) >= 11 is 2.24. The maximum atomic E-state index is 5.66. The summed E-state index contributed by atoms with van der Waals surface area (Å²) in [7, 11) is 3.65. The highest BCUT2D eigenvalue weighted by atomic mass is 127. The Kier molecular flexibility index (Phi) is 5.17. The average molecular weight is 361 g/mol. The number of hydrogen-bond acceptors (Lipinski definition) is 4. The molecule has 1 aliphatic carbocycles. The van der Waals surface area contributed by atoms with Crippen molar-refractivity contribution in [2.24, 2.45) is 5.92 Å². The highest BCUT2D eigenvalue weighted by Gasteiger charge is 2.27. The third-order valence-electron chi connectivity index (χ3n) is 3.59. The zero-order valence-corrected chi connectivity index (χ0v) is 13.1. The van der Waals surface area contributed by atoms with Gasteiger partial charge in [-0.15, -0.1) is 0 Å². The molecule has 0 aliphatic heterocycles. The molecule has 1 aliphatic rings. The molecule has 1 unspecified atom stereocenters. The Balaban J connectivity index is 2.20. The normalized spacial score (nSPS) is 18.6. The van der Waals surface area contributed by atoms with Crippen LogP contribution in [0.4, 0.5) is 5.82 Å². The van der Waals surface area contributed by atoms with Crippen molar-refractivity contribution in [1.29, 1.82) is 0 Å². The Morgan fingerprint density at radius 1 is 1.39 bits per heavy atom. The van der Waals surface area contributed by atoms with Crippen LogP contribution in [0.1, 0.15) is 44.0 Å². The molecule has 0 amide bonds. The van der Waals surface area contributed by atoms with E-state index >= 15 is 0 Å². The highest BCUT2D eigenvalue weighted by Crippen LogP contribution is 2.35. The molecule has 1 aromatic heterocycles. The fraction of sp³-hybridized carbons (Fsp3) is 0.692. The van der Waals surface area contributed by atoms with Crippen molar-refractivity contribution in [3.63, 3.8) is 0 Å². The first-order valence-electron chi connectivity index (χ1n) is 6.49. The van der Waals surface area contributed by atoms with Crippen molar-refractivity contribution in [3.05, 3.63) is 15.6 Å². The van der Waals surface area contributed by atoms with E-state index in [9.17, 15) is 0 Å². The largest absolute Gasteiger partial charge is 0.373 e. The Morgan fingerprint density at radius 3 is 2.72 bits per heavy atom. The van der Waals surface area contributed by atoms with Gasteiger partial charge in [-0.25, -0.2) is 9.97 Å². The molecule has 0 aromatic carbocycles. The molecule has 1 saturated carbocycles. The molecule has 0 bridgehead atoms. The van der Waals surface area contributed by atoms with E-state index in [4.69, 9.17) is 4.74 Å². The summed E-state index contributed by atoms with van der Waals surface area (Å²) in [6, 6.07) is 0. The molecular formula is C13H20IN3O. The maximum absolute atomic E-state index is 5.66. The molecule has 1 aromatic rings. The zero-order chi connectivity index (χ0) is 13.0. The zero-order valence-electron chi connectivity index (χ0n) is 10.9. The van der Waals surface area contributed by atoms with E-state index in [2.05, 4.69) is 37.9 Å². The molecular weight excluding hydrogens is 341 g/mol. The number of nitrogens with zero attached hydrogens (tertiary/aromatic N) is 2. The van der Waals surface area contributed by atoms with Crippen molar-refractivity contribution in [2.45, 2.75) is 38.2 Å². The van der Waals surface area contributed by atoms with Crippen molar-refractivity contribution >= 4 is 28.4 Å². The first kappa shape index (κ1) is 14.0. The Labute approximate surface area is 122 Å². The van der Waals surface area contributed by atoms with E-state index in [1.807, 2.05) is 13.2 Å². The van der Waals surface area contributed by atoms with Crippen LogP contribution < -0.4 is 5.32 Å². The number of nitrogens with one attached hydrogen (secondary N) is 1. The van der Waals surface area contributed by atoms with Gasteiger partial charge in [-0.3, -0.25) is 0 Å². The van der Waals surface area contributed by atoms with E-state index in [-0.39, 0.29) is 6.10 Å². The molecule has 100 valence electrons. The molecule has 4 nitrogen and oxygen atoms in total. The average Bonchev–Trinajstić information content (AvgIpc) is 2.42. The van der Waals surface area contributed by atoms with Crippen LogP contribution in [0.5, 0.6) is 0 Å². The van der Waals surface area contributed by atoms with Gasteiger partial charge in [0.15, 0.2) is 5.82 Å². The van der Waals surface area contributed by atoms with Crippen molar-refractivity contribution in [1.82, 2.24) is 9.97 Å². The van der Waals surface area contributed by atoms with Gasteiger partial charge in [0.05, 0.1) is 3.57 Å². The summed E-state index contributed by atoms with van der Waals surface area (Å²) in [5.74, 6) is 2.26. The smallest absolute Gasteiger partial charge is 0.159 e. The van der Waals surface area contributed by atoms with Crippen LogP contribution in [-0.4, -0.2) is 24.1 Å². The van der Waals surface area contributed by atoms with E-state index in [0.717, 1.165) is 15.2 Å². The number of anilines is 1. The molecule has 0 spiro atoms. The number of methoxy groups -OCH3 is 1. The summed E-state index contributed by atoms with van der Waals surface area (Å²) in [6.45, 7) is 0. The topological polar surface area (TPSA) is 47.0 Å². The fourth-order valence-electron chi connectivity index (χ4n) is 2.64. The predicted octanol–water partition coefficient (Wildman–Crippen LogP) is 3.39. The van der Waals surface area contributed by atoms with Gasteiger partial charge in [0, 0.05) is 20.4 Å². The minimum Gasteiger partial charge on any atom is -0.373 e. The number of rotatable bonds is 4. The van der Waals surface area contributed by atoms with Crippen molar-refractivity contribution < 1.29 is 4.74 Å². The maximum Gasteiger partial charge on any atom is 0.159 e.